The number of piperidine rings is 1. The molecular weight excluding hydrogens is 456 g/mol. The van der Waals surface area contributed by atoms with Crippen molar-refractivity contribution in [3.63, 3.8) is 0 Å². The Morgan fingerprint density at radius 3 is 2.31 bits per heavy atom. The highest BCUT2D eigenvalue weighted by molar-refractivity contribution is 5.98. The second-order valence-electron chi connectivity index (χ2n) is 11.0. The molecule has 0 bridgehead atoms. The van der Waals surface area contributed by atoms with Crippen molar-refractivity contribution in [3.8, 4) is 0 Å². The Hall–Kier alpha value is -3.26. The maximum absolute atomic E-state index is 13.8. The number of ether oxygens (including phenoxy) is 1. The van der Waals surface area contributed by atoms with Gasteiger partial charge in [-0.25, -0.2) is 0 Å². The van der Waals surface area contributed by atoms with Crippen LogP contribution in [0.5, 0.6) is 0 Å². The average molecular weight is 493 g/mol. The van der Waals surface area contributed by atoms with Crippen LogP contribution in [0.2, 0.25) is 0 Å². The first-order valence-electron chi connectivity index (χ1n) is 12.6. The molecule has 36 heavy (non-hydrogen) atoms. The van der Waals surface area contributed by atoms with Crippen LogP contribution >= 0.6 is 0 Å². The number of aryl methyl sites for hydroxylation is 1. The predicted octanol–water partition coefficient (Wildman–Crippen LogP) is 3.30. The normalized spacial score (nSPS) is 19.4. The van der Waals surface area contributed by atoms with E-state index in [0.29, 0.717) is 44.5 Å². The Morgan fingerprint density at radius 2 is 1.69 bits per heavy atom. The van der Waals surface area contributed by atoms with Crippen molar-refractivity contribution in [1.82, 2.24) is 20.1 Å². The van der Waals surface area contributed by atoms with Crippen molar-refractivity contribution in [2.24, 2.45) is 5.41 Å². The maximum Gasteiger partial charge on any atom is 0.256 e. The van der Waals surface area contributed by atoms with E-state index in [1.165, 1.54) is 0 Å². The minimum Gasteiger partial charge on any atom is -0.353 e. The lowest BCUT2D eigenvalue weighted by Gasteiger charge is -2.44. The minimum absolute atomic E-state index is 0.0957. The van der Waals surface area contributed by atoms with E-state index in [0.717, 1.165) is 11.1 Å². The molecule has 2 saturated heterocycles. The van der Waals surface area contributed by atoms with Gasteiger partial charge in [-0.3, -0.25) is 24.3 Å². The highest BCUT2D eigenvalue weighted by Gasteiger charge is 2.54. The number of aromatic nitrogens is 1. The van der Waals surface area contributed by atoms with Crippen LogP contribution in [-0.4, -0.2) is 64.0 Å². The molecule has 4 rings (SSSR count). The highest BCUT2D eigenvalue weighted by Crippen LogP contribution is 2.39. The van der Waals surface area contributed by atoms with Crippen LogP contribution in [0, 0.1) is 12.3 Å². The zero-order valence-electron chi connectivity index (χ0n) is 21.6. The van der Waals surface area contributed by atoms with Crippen LogP contribution in [0.1, 0.15) is 61.5 Å². The molecule has 0 saturated carbocycles. The third-order valence-corrected chi connectivity index (χ3v) is 6.88. The molecule has 8 heteroatoms. The number of nitrogens with zero attached hydrogens (tertiary/aromatic N) is 3. The summed E-state index contributed by atoms with van der Waals surface area (Å²) >= 11 is 0. The second-order valence-corrected chi connectivity index (χ2v) is 11.0. The van der Waals surface area contributed by atoms with Crippen LogP contribution in [0.25, 0.3) is 0 Å². The van der Waals surface area contributed by atoms with Gasteiger partial charge in [-0.15, -0.1) is 0 Å². The van der Waals surface area contributed by atoms with E-state index in [2.05, 4.69) is 10.3 Å². The van der Waals surface area contributed by atoms with E-state index in [-0.39, 0.29) is 29.7 Å². The minimum atomic E-state index is -0.918. The lowest BCUT2D eigenvalue weighted by Crippen LogP contribution is -2.59. The Balaban J connectivity index is 1.54. The SMILES string of the molecule is Cc1ccc(C(=O)N2C(C(=O)NCc3ccncc3)COC23CCN(C(=O)CC(C)(C)C)CC3)cc1. The molecule has 0 aliphatic carbocycles. The average Bonchev–Trinajstić information content (AvgIpc) is 3.21. The predicted molar refractivity (Wildman–Crippen MR) is 136 cm³/mol. The first-order valence-corrected chi connectivity index (χ1v) is 12.6. The number of benzene rings is 1. The van der Waals surface area contributed by atoms with Gasteiger partial charge in [0.25, 0.3) is 5.91 Å². The fourth-order valence-corrected chi connectivity index (χ4v) is 4.88. The summed E-state index contributed by atoms with van der Waals surface area (Å²) in [6.07, 6.45) is 4.75. The molecular formula is C28H36N4O4. The molecule has 1 aromatic heterocycles. The molecule has 2 aliphatic heterocycles. The van der Waals surface area contributed by atoms with Gasteiger partial charge in [0.2, 0.25) is 11.8 Å². The van der Waals surface area contributed by atoms with Crippen molar-refractivity contribution in [1.29, 1.82) is 0 Å². The van der Waals surface area contributed by atoms with E-state index >= 15 is 0 Å². The number of likely N-dealkylation sites (tertiary alicyclic amines) is 1. The number of pyridine rings is 1. The third kappa shape index (κ3) is 5.75. The lowest BCUT2D eigenvalue weighted by atomic mass is 9.90. The number of rotatable bonds is 5. The summed E-state index contributed by atoms with van der Waals surface area (Å²) in [5.41, 5.74) is 1.48. The van der Waals surface area contributed by atoms with Crippen molar-refractivity contribution >= 4 is 17.7 Å². The monoisotopic (exact) mass is 492 g/mol. The van der Waals surface area contributed by atoms with Gasteiger partial charge < -0.3 is 15.0 Å². The Bertz CT molecular complexity index is 1090. The molecule has 1 spiro atoms. The molecule has 1 aromatic carbocycles. The molecule has 0 radical (unpaired) electrons. The fourth-order valence-electron chi connectivity index (χ4n) is 4.88. The summed E-state index contributed by atoms with van der Waals surface area (Å²) in [6, 6.07) is 10.3. The molecule has 1 atom stereocenters. The van der Waals surface area contributed by atoms with Crippen molar-refractivity contribution in [2.45, 2.75) is 65.3 Å². The molecule has 1 N–H and O–H groups in total. The lowest BCUT2D eigenvalue weighted by molar-refractivity contribution is -0.145. The summed E-state index contributed by atoms with van der Waals surface area (Å²) in [5, 5.41) is 2.96. The number of hydrogen-bond donors (Lipinski definition) is 1. The Morgan fingerprint density at radius 1 is 1.06 bits per heavy atom. The van der Waals surface area contributed by atoms with Gasteiger partial charge in [0.15, 0.2) is 0 Å². The number of nitrogens with one attached hydrogen (secondary N) is 1. The van der Waals surface area contributed by atoms with E-state index in [9.17, 15) is 14.4 Å². The second kappa shape index (κ2) is 10.4. The molecule has 1 unspecified atom stereocenters. The van der Waals surface area contributed by atoms with Gasteiger partial charge >= 0.3 is 0 Å². The van der Waals surface area contributed by atoms with Gasteiger partial charge in [0.05, 0.1) is 6.61 Å². The summed E-state index contributed by atoms with van der Waals surface area (Å²) in [7, 11) is 0. The summed E-state index contributed by atoms with van der Waals surface area (Å²) in [5.74, 6) is -0.375. The Labute approximate surface area is 213 Å². The molecule has 192 valence electrons. The van der Waals surface area contributed by atoms with E-state index in [4.69, 9.17) is 4.74 Å². The zero-order valence-corrected chi connectivity index (χ0v) is 21.6. The van der Waals surface area contributed by atoms with Gasteiger partial charge in [-0.05, 0) is 42.2 Å². The van der Waals surface area contributed by atoms with E-state index in [1.807, 2.05) is 56.9 Å². The number of hydrogen-bond acceptors (Lipinski definition) is 5. The first kappa shape index (κ1) is 25.8. The molecule has 3 amide bonds. The smallest absolute Gasteiger partial charge is 0.256 e. The summed E-state index contributed by atoms with van der Waals surface area (Å²) < 4.78 is 6.27. The van der Waals surface area contributed by atoms with Gasteiger partial charge in [0, 0.05) is 56.9 Å². The van der Waals surface area contributed by atoms with Crippen molar-refractivity contribution in [2.75, 3.05) is 19.7 Å². The number of amides is 3. The number of carbonyl (C=O) groups is 3. The van der Waals surface area contributed by atoms with Crippen LogP contribution < -0.4 is 5.32 Å². The van der Waals surface area contributed by atoms with E-state index in [1.54, 1.807) is 29.4 Å². The van der Waals surface area contributed by atoms with E-state index < -0.39 is 11.8 Å². The van der Waals surface area contributed by atoms with Crippen LogP contribution in [0.3, 0.4) is 0 Å². The summed E-state index contributed by atoms with van der Waals surface area (Å²) in [6.45, 7) is 9.54. The Kier molecular flexibility index (Phi) is 7.45. The van der Waals surface area contributed by atoms with Crippen LogP contribution in [0.15, 0.2) is 48.8 Å². The fraction of sp³-hybridized carbons (Fsp3) is 0.500. The van der Waals surface area contributed by atoms with Crippen molar-refractivity contribution < 1.29 is 19.1 Å². The quantitative estimate of drug-likeness (QED) is 0.692. The highest BCUT2D eigenvalue weighted by atomic mass is 16.5. The molecule has 2 aliphatic rings. The van der Waals surface area contributed by atoms with Gasteiger partial charge in [-0.1, -0.05) is 38.5 Å². The molecule has 2 aromatic rings. The van der Waals surface area contributed by atoms with Crippen LogP contribution in [-0.2, 0) is 20.9 Å². The standard InChI is InChI=1S/C28H36N4O4/c1-20-5-7-22(8-6-20)26(35)32-23(25(34)30-18-21-9-13-29-14-10-21)19-36-28(32)11-15-31(16-12-28)24(33)17-27(2,3)4/h5-10,13-14,23H,11-12,15-19H2,1-4H3,(H,30,34). The zero-order chi connectivity index (χ0) is 25.9. The summed E-state index contributed by atoms with van der Waals surface area (Å²) in [4.78, 5) is 47.4. The molecule has 3 heterocycles. The van der Waals surface area contributed by atoms with Gasteiger partial charge in [-0.2, -0.15) is 0 Å². The van der Waals surface area contributed by atoms with Gasteiger partial charge in [0.1, 0.15) is 11.8 Å². The third-order valence-electron chi connectivity index (χ3n) is 6.88. The first-order chi connectivity index (χ1) is 17.1. The maximum atomic E-state index is 13.8. The van der Waals surface area contributed by atoms with Crippen LogP contribution in [0.4, 0.5) is 0 Å². The largest absolute Gasteiger partial charge is 0.353 e. The molecule has 8 nitrogen and oxygen atoms in total. The topological polar surface area (TPSA) is 91.8 Å². The number of carbonyl (C=O) groups excluding carboxylic acids is 3. The molecule has 2 fully saturated rings. The van der Waals surface area contributed by atoms with Crippen molar-refractivity contribution in [3.05, 3.63) is 65.5 Å².